The monoisotopic (exact) mass is 468 g/mol. The van der Waals surface area contributed by atoms with Crippen molar-refractivity contribution in [2.75, 3.05) is 19.6 Å². The van der Waals surface area contributed by atoms with E-state index >= 15 is 0 Å². The normalized spacial score (nSPS) is 16.4. The van der Waals surface area contributed by atoms with Gasteiger partial charge >= 0.3 is 6.09 Å². The Morgan fingerprint density at radius 2 is 1.88 bits per heavy atom. The van der Waals surface area contributed by atoms with Crippen molar-refractivity contribution >= 4 is 12.0 Å². The van der Waals surface area contributed by atoms with Gasteiger partial charge in [-0.3, -0.25) is 9.59 Å². The topological polar surface area (TPSA) is 84.7 Å². The predicted octanol–water partition coefficient (Wildman–Crippen LogP) is 4.04. The van der Waals surface area contributed by atoms with Crippen LogP contribution in [0.1, 0.15) is 63.6 Å². The highest BCUT2D eigenvalue weighted by molar-refractivity contribution is 5.92. The molecular weight excluding hydrogens is 432 g/mol. The molecule has 1 unspecified atom stereocenters. The molecule has 184 valence electrons. The Morgan fingerprint density at radius 1 is 1.21 bits per heavy atom. The van der Waals surface area contributed by atoms with E-state index < -0.39 is 5.60 Å². The van der Waals surface area contributed by atoms with Crippen LogP contribution in [0, 0.1) is 12.8 Å². The van der Waals surface area contributed by atoms with E-state index in [0.717, 1.165) is 18.5 Å². The van der Waals surface area contributed by atoms with Crippen LogP contribution < -0.4 is 5.43 Å². The van der Waals surface area contributed by atoms with Gasteiger partial charge < -0.3 is 14.5 Å². The molecule has 8 heteroatoms. The quantitative estimate of drug-likeness (QED) is 0.661. The van der Waals surface area contributed by atoms with Gasteiger partial charge in [-0.25, -0.2) is 9.48 Å². The number of carbonyl (C=O) groups is 2. The third kappa shape index (κ3) is 6.24. The maximum atomic E-state index is 13.3. The highest BCUT2D eigenvalue weighted by Gasteiger charge is 2.31. The predicted molar refractivity (Wildman–Crippen MR) is 131 cm³/mol. The number of aromatic nitrogens is 2. The zero-order chi connectivity index (χ0) is 25.0. The first-order valence-corrected chi connectivity index (χ1v) is 11.9. The van der Waals surface area contributed by atoms with Gasteiger partial charge in [-0.2, -0.15) is 5.10 Å². The summed E-state index contributed by atoms with van der Waals surface area (Å²) in [6.45, 7) is 12.8. The van der Waals surface area contributed by atoms with Gasteiger partial charge in [-0.1, -0.05) is 18.2 Å². The van der Waals surface area contributed by atoms with Gasteiger partial charge in [0.05, 0.1) is 5.69 Å². The molecule has 1 saturated heterocycles. The lowest BCUT2D eigenvalue weighted by Crippen LogP contribution is -2.48. The Hall–Kier alpha value is -3.16. The van der Waals surface area contributed by atoms with E-state index in [1.165, 1.54) is 6.07 Å². The molecule has 2 heterocycles. The molecule has 1 fully saturated rings. The number of hydrogen-bond acceptors (Lipinski definition) is 5. The first-order valence-electron chi connectivity index (χ1n) is 11.9. The van der Waals surface area contributed by atoms with Crippen LogP contribution in [0.5, 0.6) is 0 Å². The van der Waals surface area contributed by atoms with E-state index in [1.807, 2.05) is 65.0 Å². The molecular formula is C26H36N4O4. The number of carbonyl (C=O) groups excluding carboxylic acids is 2. The zero-order valence-corrected chi connectivity index (χ0v) is 21.1. The maximum Gasteiger partial charge on any atom is 0.410 e. The molecule has 0 aliphatic carbocycles. The third-order valence-corrected chi connectivity index (χ3v) is 5.82. The van der Waals surface area contributed by atoms with Crippen LogP contribution in [-0.2, 0) is 4.74 Å². The second-order valence-corrected chi connectivity index (χ2v) is 10.2. The summed E-state index contributed by atoms with van der Waals surface area (Å²) in [7, 11) is 0. The second-order valence-electron chi connectivity index (χ2n) is 10.2. The summed E-state index contributed by atoms with van der Waals surface area (Å²) < 4.78 is 7.20. The Bertz CT molecular complexity index is 1070. The average molecular weight is 469 g/mol. The first kappa shape index (κ1) is 25.5. The van der Waals surface area contributed by atoms with Gasteiger partial charge in [0.2, 0.25) is 5.43 Å². The number of piperidine rings is 1. The smallest absolute Gasteiger partial charge is 0.410 e. The lowest BCUT2D eigenvalue weighted by Gasteiger charge is -2.37. The molecule has 0 bridgehead atoms. The molecule has 8 nitrogen and oxygen atoms in total. The van der Waals surface area contributed by atoms with E-state index in [2.05, 4.69) is 5.10 Å². The number of para-hydroxylation sites is 1. The van der Waals surface area contributed by atoms with Crippen LogP contribution in [0.2, 0.25) is 0 Å². The van der Waals surface area contributed by atoms with Crippen LogP contribution in [0.25, 0.3) is 5.69 Å². The molecule has 34 heavy (non-hydrogen) atoms. The molecule has 0 N–H and O–H groups in total. The molecule has 1 atom stereocenters. The minimum absolute atomic E-state index is 0.0298. The lowest BCUT2D eigenvalue weighted by molar-refractivity contribution is 0.0123. The van der Waals surface area contributed by atoms with E-state index in [0.29, 0.717) is 25.3 Å². The molecule has 1 aliphatic heterocycles. The number of aryl methyl sites for hydroxylation is 1. The fourth-order valence-corrected chi connectivity index (χ4v) is 4.17. The van der Waals surface area contributed by atoms with E-state index in [4.69, 9.17) is 4.74 Å². The summed E-state index contributed by atoms with van der Waals surface area (Å²) in [4.78, 5) is 42.2. The molecule has 0 radical (unpaired) electrons. The average Bonchev–Trinajstić information content (AvgIpc) is 2.76. The molecule has 0 saturated carbocycles. The fraction of sp³-hybridized carbons (Fsp3) is 0.538. The van der Waals surface area contributed by atoms with Gasteiger partial charge in [0, 0.05) is 37.4 Å². The van der Waals surface area contributed by atoms with Crippen molar-refractivity contribution < 1.29 is 14.3 Å². The summed E-state index contributed by atoms with van der Waals surface area (Å²) in [5.41, 5.74) is 0.413. The number of ether oxygens (including phenoxy) is 1. The molecule has 3 rings (SSSR count). The highest BCUT2D eigenvalue weighted by Crippen LogP contribution is 2.22. The number of amides is 2. The van der Waals surface area contributed by atoms with Gasteiger partial charge in [0.1, 0.15) is 5.60 Å². The molecule has 2 amide bonds. The summed E-state index contributed by atoms with van der Waals surface area (Å²) in [6.07, 6.45) is 1.35. The van der Waals surface area contributed by atoms with Crippen molar-refractivity contribution in [3.8, 4) is 5.69 Å². The van der Waals surface area contributed by atoms with Gasteiger partial charge in [0.25, 0.3) is 5.91 Å². The molecule has 1 aliphatic rings. The highest BCUT2D eigenvalue weighted by atomic mass is 16.6. The third-order valence-electron chi connectivity index (χ3n) is 5.82. The van der Waals surface area contributed by atoms with Crippen LogP contribution in [0.4, 0.5) is 4.79 Å². The molecule has 0 spiro atoms. The van der Waals surface area contributed by atoms with E-state index in [-0.39, 0.29) is 35.1 Å². The van der Waals surface area contributed by atoms with Gasteiger partial charge in [-0.15, -0.1) is 0 Å². The van der Waals surface area contributed by atoms with Crippen LogP contribution >= 0.6 is 0 Å². The van der Waals surface area contributed by atoms with Crippen LogP contribution in [-0.4, -0.2) is 62.9 Å². The SMILES string of the molecule is Cc1cc(=O)c(C(=O)N2CCCC(CN(C(=O)OC(C)(C)C)C(C)C)C2)nn1-c1ccccc1. The van der Waals surface area contributed by atoms with Gasteiger partial charge in [0.15, 0.2) is 5.69 Å². The largest absolute Gasteiger partial charge is 0.444 e. The molecule has 2 aromatic rings. The molecule has 1 aromatic heterocycles. The minimum atomic E-state index is -0.575. The lowest BCUT2D eigenvalue weighted by atomic mass is 9.96. The van der Waals surface area contributed by atoms with E-state index in [9.17, 15) is 14.4 Å². The van der Waals surface area contributed by atoms with Crippen molar-refractivity contribution in [1.82, 2.24) is 19.6 Å². The number of rotatable bonds is 5. The van der Waals surface area contributed by atoms with Crippen molar-refractivity contribution in [1.29, 1.82) is 0 Å². The summed E-state index contributed by atoms with van der Waals surface area (Å²) in [5, 5.41) is 4.43. The number of likely N-dealkylation sites (tertiary alicyclic amines) is 1. The van der Waals surface area contributed by atoms with Crippen molar-refractivity contribution in [3.05, 3.63) is 58.0 Å². The Kier molecular flexibility index (Phi) is 7.79. The zero-order valence-electron chi connectivity index (χ0n) is 21.1. The first-order chi connectivity index (χ1) is 16.0. The number of benzene rings is 1. The molecule has 1 aromatic carbocycles. The van der Waals surface area contributed by atoms with Crippen LogP contribution in [0.3, 0.4) is 0 Å². The Morgan fingerprint density at radius 3 is 2.50 bits per heavy atom. The Balaban J connectivity index is 1.78. The minimum Gasteiger partial charge on any atom is -0.444 e. The summed E-state index contributed by atoms with van der Waals surface area (Å²) in [6, 6.07) is 10.9. The van der Waals surface area contributed by atoms with Crippen molar-refractivity contribution in [2.45, 2.75) is 66.0 Å². The Labute approximate surface area is 201 Å². The van der Waals surface area contributed by atoms with Crippen molar-refractivity contribution in [3.63, 3.8) is 0 Å². The number of nitrogens with zero attached hydrogens (tertiary/aromatic N) is 4. The maximum absolute atomic E-state index is 13.3. The summed E-state index contributed by atoms with van der Waals surface area (Å²) >= 11 is 0. The standard InChI is InChI=1S/C26H36N4O4/c1-18(2)29(25(33)34-26(4,5)6)17-20-11-10-14-28(16-20)24(32)23-22(31)15-19(3)30(27-23)21-12-8-7-9-13-21/h7-9,12-13,15,18,20H,10-11,14,16-17H2,1-6H3. The van der Waals surface area contributed by atoms with E-state index in [1.54, 1.807) is 21.4 Å². The second kappa shape index (κ2) is 10.4. The fourth-order valence-electron chi connectivity index (χ4n) is 4.17. The van der Waals surface area contributed by atoms with Gasteiger partial charge in [-0.05, 0) is 72.4 Å². The van der Waals surface area contributed by atoms with Crippen molar-refractivity contribution in [2.24, 2.45) is 5.92 Å². The number of hydrogen-bond donors (Lipinski definition) is 0. The summed E-state index contributed by atoms with van der Waals surface area (Å²) in [5.74, 6) is -0.276. The van der Waals surface area contributed by atoms with Crippen LogP contribution in [0.15, 0.2) is 41.2 Å².